The smallest absolute Gasteiger partial charge is 0.220 e. The van der Waals surface area contributed by atoms with Gasteiger partial charge in [0.25, 0.3) is 0 Å². The molecular weight excluding hydrogens is 224 g/mol. The molecule has 2 aliphatic carbocycles. The summed E-state index contributed by atoms with van der Waals surface area (Å²) in [7, 11) is 0. The van der Waals surface area contributed by atoms with Crippen LogP contribution in [0.2, 0.25) is 0 Å². The van der Waals surface area contributed by atoms with Crippen LogP contribution in [0.5, 0.6) is 0 Å². The molecule has 18 heavy (non-hydrogen) atoms. The van der Waals surface area contributed by atoms with Crippen molar-refractivity contribution < 1.29 is 4.79 Å². The summed E-state index contributed by atoms with van der Waals surface area (Å²) in [5, 5.41) is 6.65. The Morgan fingerprint density at radius 3 is 2.33 bits per heavy atom. The van der Waals surface area contributed by atoms with Gasteiger partial charge in [-0.2, -0.15) is 0 Å². The third-order valence-electron chi connectivity index (χ3n) is 4.38. The zero-order valence-corrected chi connectivity index (χ0v) is 11.7. The second-order valence-corrected chi connectivity index (χ2v) is 6.03. The highest BCUT2D eigenvalue weighted by atomic mass is 16.1. The standard InChI is InChI=1S/C15H28N2O/c1-2-12-5-7-13(8-6-12)16-11-3-4-15(18)17-14-9-10-14/h12-14,16H,2-11H2,1H3,(H,17,18). The van der Waals surface area contributed by atoms with Crippen LogP contribution < -0.4 is 10.6 Å². The number of carbonyl (C=O) groups is 1. The maximum atomic E-state index is 11.5. The quantitative estimate of drug-likeness (QED) is 0.684. The minimum Gasteiger partial charge on any atom is -0.353 e. The first-order valence-corrected chi connectivity index (χ1v) is 7.80. The highest BCUT2D eigenvalue weighted by Crippen LogP contribution is 2.26. The maximum Gasteiger partial charge on any atom is 0.220 e. The minimum absolute atomic E-state index is 0.244. The molecule has 0 aromatic rings. The third-order valence-corrected chi connectivity index (χ3v) is 4.38. The zero-order valence-electron chi connectivity index (χ0n) is 11.7. The Labute approximate surface area is 111 Å². The lowest BCUT2D eigenvalue weighted by Crippen LogP contribution is -2.34. The van der Waals surface area contributed by atoms with Gasteiger partial charge in [-0.1, -0.05) is 13.3 Å². The summed E-state index contributed by atoms with van der Waals surface area (Å²) in [5.74, 6) is 1.21. The number of amides is 1. The number of nitrogens with one attached hydrogen (secondary N) is 2. The van der Waals surface area contributed by atoms with E-state index in [1.54, 1.807) is 0 Å². The van der Waals surface area contributed by atoms with E-state index in [2.05, 4.69) is 17.6 Å². The van der Waals surface area contributed by atoms with E-state index >= 15 is 0 Å². The molecule has 104 valence electrons. The second kappa shape index (κ2) is 7.13. The van der Waals surface area contributed by atoms with Crippen molar-refractivity contribution in [2.24, 2.45) is 5.92 Å². The molecule has 2 aliphatic rings. The first kappa shape index (κ1) is 13.9. The van der Waals surface area contributed by atoms with Crippen molar-refractivity contribution in [2.45, 2.75) is 76.8 Å². The Kier molecular flexibility index (Phi) is 5.48. The Balaban J connectivity index is 1.46. The van der Waals surface area contributed by atoms with Crippen molar-refractivity contribution in [3.63, 3.8) is 0 Å². The molecule has 0 spiro atoms. The van der Waals surface area contributed by atoms with Crippen molar-refractivity contribution in [1.29, 1.82) is 0 Å². The van der Waals surface area contributed by atoms with Gasteiger partial charge in [0.1, 0.15) is 0 Å². The molecule has 0 atom stereocenters. The first-order valence-electron chi connectivity index (χ1n) is 7.80. The largest absolute Gasteiger partial charge is 0.353 e. The van der Waals surface area contributed by atoms with Gasteiger partial charge < -0.3 is 10.6 Å². The van der Waals surface area contributed by atoms with Crippen LogP contribution in [0.25, 0.3) is 0 Å². The van der Waals surface area contributed by atoms with Crippen LogP contribution in [0.15, 0.2) is 0 Å². The molecule has 3 nitrogen and oxygen atoms in total. The number of hydrogen-bond acceptors (Lipinski definition) is 2. The van der Waals surface area contributed by atoms with Crippen LogP contribution in [0.3, 0.4) is 0 Å². The maximum absolute atomic E-state index is 11.5. The summed E-state index contributed by atoms with van der Waals surface area (Å²) in [6.07, 6.45) is 10.8. The summed E-state index contributed by atoms with van der Waals surface area (Å²) in [5.41, 5.74) is 0. The fourth-order valence-electron chi connectivity index (χ4n) is 2.86. The topological polar surface area (TPSA) is 41.1 Å². The molecule has 1 amide bonds. The second-order valence-electron chi connectivity index (χ2n) is 6.03. The molecule has 2 rings (SSSR count). The van der Waals surface area contributed by atoms with E-state index in [-0.39, 0.29) is 5.91 Å². The SMILES string of the molecule is CCC1CCC(NCCCC(=O)NC2CC2)CC1. The average molecular weight is 252 g/mol. The summed E-state index contributed by atoms with van der Waals surface area (Å²) in [4.78, 5) is 11.5. The van der Waals surface area contributed by atoms with Crippen molar-refractivity contribution in [1.82, 2.24) is 10.6 Å². The summed E-state index contributed by atoms with van der Waals surface area (Å²) in [6.45, 7) is 3.30. The van der Waals surface area contributed by atoms with Gasteiger partial charge in [-0.15, -0.1) is 0 Å². The Bertz CT molecular complexity index is 255. The van der Waals surface area contributed by atoms with E-state index in [0.717, 1.165) is 18.9 Å². The number of rotatable bonds is 7. The van der Waals surface area contributed by atoms with Crippen LogP contribution in [-0.4, -0.2) is 24.5 Å². The average Bonchev–Trinajstić information content (AvgIpc) is 3.19. The predicted octanol–water partition coefficient (Wildman–Crippen LogP) is 2.60. The summed E-state index contributed by atoms with van der Waals surface area (Å²) < 4.78 is 0. The number of carbonyl (C=O) groups excluding carboxylic acids is 1. The monoisotopic (exact) mass is 252 g/mol. The summed E-state index contributed by atoms with van der Waals surface area (Å²) in [6, 6.07) is 1.22. The van der Waals surface area contributed by atoms with E-state index in [4.69, 9.17) is 0 Å². The normalized spacial score (nSPS) is 28.1. The highest BCUT2D eigenvalue weighted by Gasteiger charge is 2.23. The van der Waals surface area contributed by atoms with Gasteiger partial charge >= 0.3 is 0 Å². The van der Waals surface area contributed by atoms with Gasteiger partial charge in [0.15, 0.2) is 0 Å². The first-order chi connectivity index (χ1) is 8.78. The van der Waals surface area contributed by atoms with Gasteiger partial charge in [-0.05, 0) is 57.4 Å². The third kappa shape index (κ3) is 4.97. The van der Waals surface area contributed by atoms with Gasteiger partial charge in [-0.3, -0.25) is 4.79 Å². The molecule has 0 aliphatic heterocycles. The van der Waals surface area contributed by atoms with Gasteiger partial charge in [0.2, 0.25) is 5.91 Å². The Morgan fingerprint density at radius 2 is 1.72 bits per heavy atom. The molecule has 0 saturated heterocycles. The zero-order chi connectivity index (χ0) is 12.8. The van der Waals surface area contributed by atoms with Crippen LogP contribution in [-0.2, 0) is 4.79 Å². The van der Waals surface area contributed by atoms with Crippen molar-refractivity contribution >= 4 is 5.91 Å². The molecule has 0 heterocycles. The van der Waals surface area contributed by atoms with Gasteiger partial charge in [0, 0.05) is 18.5 Å². The van der Waals surface area contributed by atoms with E-state index in [0.29, 0.717) is 18.5 Å². The molecule has 0 bridgehead atoms. The Morgan fingerprint density at radius 1 is 1.06 bits per heavy atom. The molecule has 3 heteroatoms. The fourth-order valence-corrected chi connectivity index (χ4v) is 2.86. The van der Waals surface area contributed by atoms with E-state index in [9.17, 15) is 4.79 Å². The fraction of sp³-hybridized carbons (Fsp3) is 0.933. The van der Waals surface area contributed by atoms with Crippen LogP contribution in [0.1, 0.15) is 64.7 Å². The molecule has 0 radical (unpaired) electrons. The highest BCUT2D eigenvalue weighted by molar-refractivity contribution is 5.76. The molecule has 0 aromatic heterocycles. The molecule has 0 unspecified atom stereocenters. The van der Waals surface area contributed by atoms with Gasteiger partial charge in [0.05, 0.1) is 0 Å². The lowest BCUT2D eigenvalue weighted by atomic mass is 9.84. The predicted molar refractivity (Wildman–Crippen MR) is 74.4 cm³/mol. The minimum atomic E-state index is 0.244. The lowest BCUT2D eigenvalue weighted by molar-refractivity contribution is -0.121. The number of hydrogen-bond donors (Lipinski definition) is 2. The molecular formula is C15H28N2O. The van der Waals surface area contributed by atoms with E-state index < -0.39 is 0 Å². The van der Waals surface area contributed by atoms with Crippen LogP contribution in [0, 0.1) is 5.92 Å². The molecule has 2 fully saturated rings. The molecule has 2 saturated carbocycles. The lowest BCUT2D eigenvalue weighted by Gasteiger charge is -2.28. The van der Waals surface area contributed by atoms with Crippen LogP contribution in [0.4, 0.5) is 0 Å². The van der Waals surface area contributed by atoms with Gasteiger partial charge in [-0.25, -0.2) is 0 Å². The van der Waals surface area contributed by atoms with Crippen molar-refractivity contribution in [3.8, 4) is 0 Å². The van der Waals surface area contributed by atoms with E-state index in [1.165, 1.54) is 44.9 Å². The molecule has 2 N–H and O–H groups in total. The van der Waals surface area contributed by atoms with Crippen molar-refractivity contribution in [2.75, 3.05) is 6.54 Å². The summed E-state index contributed by atoms with van der Waals surface area (Å²) >= 11 is 0. The van der Waals surface area contributed by atoms with Crippen molar-refractivity contribution in [3.05, 3.63) is 0 Å². The van der Waals surface area contributed by atoms with E-state index in [1.807, 2.05) is 0 Å². The molecule has 0 aromatic carbocycles. The Hall–Kier alpha value is -0.570. The van der Waals surface area contributed by atoms with Crippen LogP contribution >= 0.6 is 0 Å².